The van der Waals surface area contributed by atoms with Crippen molar-refractivity contribution in [2.75, 3.05) is 0 Å². The van der Waals surface area contributed by atoms with Gasteiger partial charge in [-0.15, -0.1) is 0 Å². The third-order valence-electron chi connectivity index (χ3n) is 4.61. The molecule has 1 amide bonds. The second-order valence-electron chi connectivity index (χ2n) is 6.61. The van der Waals surface area contributed by atoms with Gasteiger partial charge in [-0.2, -0.15) is 0 Å². The summed E-state index contributed by atoms with van der Waals surface area (Å²) < 4.78 is 1.22. The molecule has 2 aromatic carbocycles. The van der Waals surface area contributed by atoms with Crippen molar-refractivity contribution in [3.63, 3.8) is 0 Å². The Bertz CT molecular complexity index is 1090. The van der Waals surface area contributed by atoms with E-state index in [0.29, 0.717) is 48.3 Å². The van der Waals surface area contributed by atoms with Gasteiger partial charge in [-0.25, -0.2) is 4.79 Å². The van der Waals surface area contributed by atoms with Crippen molar-refractivity contribution in [1.29, 1.82) is 0 Å². The van der Waals surface area contributed by atoms with E-state index >= 15 is 0 Å². The number of para-hydroxylation sites is 1. The molecular formula is C21H22ClN3O3. The lowest BCUT2D eigenvalue weighted by Crippen LogP contribution is -2.35. The molecule has 0 unspecified atom stereocenters. The van der Waals surface area contributed by atoms with E-state index in [-0.39, 0.29) is 11.5 Å². The number of carbonyl (C=O) groups is 1. The standard InChI is InChI=1S/C21H22ClN3O3/c22-17-10-5-3-8-15(17)14-23-19(26)12-2-1-7-13-25-20(27)16-9-4-6-11-18(16)24-21(25)28/h3-6,8-11H,1-2,7,12-14H2,(H,23,26)(H,24,28). The number of nitrogens with one attached hydrogen (secondary N) is 2. The number of carbonyl (C=O) groups excluding carboxylic acids is 1. The van der Waals surface area contributed by atoms with E-state index in [4.69, 9.17) is 11.6 Å². The van der Waals surface area contributed by atoms with E-state index in [1.54, 1.807) is 30.3 Å². The molecule has 7 heteroatoms. The number of hydrogen-bond acceptors (Lipinski definition) is 3. The Kier molecular flexibility index (Phi) is 6.66. The third-order valence-corrected chi connectivity index (χ3v) is 4.98. The monoisotopic (exact) mass is 399 g/mol. The number of halogens is 1. The Morgan fingerprint density at radius 1 is 1.00 bits per heavy atom. The molecule has 1 aromatic heterocycles. The zero-order valence-electron chi connectivity index (χ0n) is 15.4. The van der Waals surface area contributed by atoms with E-state index in [2.05, 4.69) is 10.3 Å². The van der Waals surface area contributed by atoms with Gasteiger partial charge in [0.15, 0.2) is 0 Å². The van der Waals surface area contributed by atoms with Crippen LogP contribution in [0.1, 0.15) is 31.2 Å². The molecule has 0 saturated heterocycles. The number of unbranched alkanes of at least 4 members (excludes halogenated alkanes) is 2. The van der Waals surface area contributed by atoms with Crippen molar-refractivity contribution < 1.29 is 4.79 Å². The van der Waals surface area contributed by atoms with Crippen LogP contribution in [0.5, 0.6) is 0 Å². The first-order valence-corrected chi connectivity index (χ1v) is 9.66. The van der Waals surface area contributed by atoms with Gasteiger partial charge in [0.25, 0.3) is 5.56 Å². The first-order valence-electron chi connectivity index (χ1n) is 9.28. The van der Waals surface area contributed by atoms with Gasteiger partial charge in [0.1, 0.15) is 0 Å². The maximum absolute atomic E-state index is 12.4. The van der Waals surface area contributed by atoms with Crippen molar-refractivity contribution in [3.05, 3.63) is 80.0 Å². The van der Waals surface area contributed by atoms with Gasteiger partial charge < -0.3 is 10.3 Å². The molecule has 0 aliphatic heterocycles. The Labute approximate surface area is 167 Å². The number of aromatic amines is 1. The Morgan fingerprint density at radius 2 is 1.75 bits per heavy atom. The Balaban J connectivity index is 1.44. The molecule has 0 atom stereocenters. The molecule has 28 heavy (non-hydrogen) atoms. The molecule has 3 rings (SSSR count). The van der Waals surface area contributed by atoms with Gasteiger partial charge in [0.05, 0.1) is 10.9 Å². The minimum Gasteiger partial charge on any atom is -0.352 e. The lowest BCUT2D eigenvalue weighted by Gasteiger charge is -2.08. The molecular weight excluding hydrogens is 378 g/mol. The van der Waals surface area contributed by atoms with Crippen LogP contribution < -0.4 is 16.6 Å². The highest BCUT2D eigenvalue weighted by Gasteiger charge is 2.07. The van der Waals surface area contributed by atoms with E-state index in [1.807, 2.05) is 18.2 Å². The average molecular weight is 400 g/mol. The molecule has 0 saturated carbocycles. The van der Waals surface area contributed by atoms with Gasteiger partial charge in [0, 0.05) is 24.5 Å². The van der Waals surface area contributed by atoms with E-state index in [9.17, 15) is 14.4 Å². The number of amides is 1. The molecule has 0 aliphatic rings. The van der Waals surface area contributed by atoms with Crippen molar-refractivity contribution in [3.8, 4) is 0 Å². The molecule has 146 valence electrons. The highest BCUT2D eigenvalue weighted by atomic mass is 35.5. The SMILES string of the molecule is O=C(CCCCCn1c(=O)[nH]c2ccccc2c1=O)NCc1ccccc1Cl. The maximum atomic E-state index is 12.4. The minimum atomic E-state index is -0.402. The third kappa shape index (κ3) is 4.89. The second-order valence-corrected chi connectivity index (χ2v) is 7.02. The molecule has 0 radical (unpaired) electrons. The first kappa shape index (κ1) is 19.9. The molecule has 0 spiro atoms. The largest absolute Gasteiger partial charge is 0.352 e. The van der Waals surface area contributed by atoms with Crippen LogP contribution in [0.15, 0.2) is 58.1 Å². The van der Waals surface area contributed by atoms with Crippen LogP contribution in [-0.2, 0) is 17.9 Å². The van der Waals surface area contributed by atoms with Crippen LogP contribution in [0.3, 0.4) is 0 Å². The topological polar surface area (TPSA) is 84.0 Å². The van der Waals surface area contributed by atoms with E-state index < -0.39 is 5.69 Å². The number of fused-ring (bicyclic) bond motifs is 1. The first-order chi connectivity index (χ1) is 13.6. The summed E-state index contributed by atoms with van der Waals surface area (Å²) in [6.45, 7) is 0.737. The normalized spacial score (nSPS) is 10.9. The summed E-state index contributed by atoms with van der Waals surface area (Å²) in [5.41, 5.74) is 0.745. The quantitative estimate of drug-likeness (QED) is 0.570. The number of aromatic nitrogens is 2. The lowest BCUT2D eigenvalue weighted by atomic mass is 10.1. The molecule has 2 N–H and O–H groups in total. The van der Waals surface area contributed by atoms with Crippen LogP contribution >= 0.6 is 11.6 Å². The zero-order chi connectivity index (χ0) is 19.9. The predicted molar refractivity (Wildman–Crippen MR) is 111 cm³/mol. The number of benzene rings is 2. The molecule has 1 heterocycles. The van der Waals surface area contributed by atoms with Crippen LogP contribution in [-0.4, -0.2) is 15.5 Å². The van der Waals surface area contributed by atoms with Crippen LogP contribution in [0.2, 0.25) is 5.02 Å². The molecule has 0 aliphatic carbocycles. The number of H-pyrrole nitrogens is 1. The highest BCUT2D eigenvalue weighted by Crippen LogP contribution is 2.14. The maximum Gasteiger partial charge on any atom is 0.328 e. The highest BCUT2D eigenvalue weighted by molar-refractivity contribution is 6.31. The fraction of sp³-hybridized carbons (Fsp3) is 0.286. The van der Waals surface area contributed by atoms with Gasteiger partial charge in [-0.3, -0.25) is 14.2 Å². The summed E-state index contributed by atoms with van der Waals surface area (Å²) in [7, 11) is 0. The fourth-order valence-corrected chi connectivity index (χ4v) is 3.26. The fourth-order valence-electron chi connectivity index (χ4n) is 3.06. The van der Waals surface area contributed by atoms with Gasteiger partial charge >= 0.3 is 5.69 Å². The van der Waals surface area contributed by atoms with Crippen LogP contribution in [0.4, 0.5) is 0 Å². The Morgan fingerprint density at radius 3 is 2.57 bits per heavy atom. The average Bonchev–Trinajstić information content (AvgIpc) is 2.69. The van der Waals surface area contributed by atoms with Crippen molar-refractivity contribution in [2.24, 2.45) is 0 Å². The number of nitrogens with zero attached hydrogens (tertiary/aromatic N) is 1. The van der Waals surface area contributed by atoms with E-state index in [0.717, 1.165) is 12.0 Å². The van der Waals surface area contributed by atoms with Crippen LogP contribution in [0, 0.1) is 0 Å². The summed E-state index contributed by atoms with van der Waals surface area (Å²) >= 11 is 6.07. The summed E-state index contributed by atoms with van der Waals surface area (Å²) in [4.78, 5) is 39.2. The number of rotatable bonds is 8. The summed E-state index contributed by atoms with van der Waals surface area (Å²) in [6.07, 6.45) is 2.49. The summed E-state index contributed by atoms with van der Waals surface area (Å²) in [5, 5.41) is 3.99. The van der Waals surface area contributed by atoms with Crippen LogP contribution in [0.25, 0.3) is 10.9 Å². The minimum absolute atomic E-state index is 0.0411. The van der Waals surface area contributed by atoms with Crippen molar-refractivity contribution in [1.82, 2.24) is 14.9 Å². The number of hydrogen-bond donors (Lipinski definition) is 2. The molecule has 3 aromatic rings. The smallest absolute Gasteiger partial charge is 0.328 e. The second kappa shape index (κ2) is 9.37. The van der Waals surface area contributed by atoms with E-state index in [1.165, 1.54) is 4.57 Å². The molecule has 0 bridgehead atoms. The van der Waals surface area contributed by atoms with Crippen molar-refractivity contribution in [2.45, 2.75) is 38.8 Å². The molecule has 6 nitrogen and oxygen atoms in total. The van der Waals surface area contributed by atoms with Crippen molar-refractivity contribution >= 4 is 28.4 Å². The summed E-state index contributed by atoms with van der Waals surface area (Å²) in [5.74, 6) is -0.0411. The van der Waals surface area contributed by atoms with Gasteiger partial charge in [0.2, 0.25) is 5.91 Å². The predicted octanol–water partition coefficient (Wildman–Crippen LogP) is 3.22. The lowest BCUT2D eigenvalue weighted by molar-refractivity contribution is -0.121. The zero-order valence-corrected chi connectivity index (χ0v) is 16.2. The van der Waals surface area contributed by atoms with Gasteiger partial charge in [-0.05, 0) is 36.6 Å². The van der Waals surface area contributed by atoms with Gasteiger partial charge in [-0.1, -0.05) is 48.4 Å². The Hall–Kier alpha value is -2.86. The molecule has 0 fully saturated rings. The summed E-state index contributed by atoms with van der Waals surface area (Å²) in [6, 6.07) is 14.4.